The number of likely N-dealkylation sites (tertiary alicyclic amines) is 1. The zero-order valence-corrected chi connectivity index (χ0v) is 24.6. The highest BCUT2D eigenvalue weighted by Gasteiger charge is 2.73. The first-order valence-electron chi connectivity index (χ1n) is 13.3. The molecule has 3 rings (SSSR count). The molecule has 2 aliphatic carbocycles. The zero-order chi connectivity index (χ0) is 28.1. The Bertz CT molecular complexity index is 959. The van der Waals surface area contributed by atoms with Crippen LogP contribution in [0.15, 0.2) is 0 Å². The molecule has 7 nitrogen and oxygen atoms in total. The number of carbonyl (C=O) groups excluding carboxylic acids is 5. The Hall–Kier alpha value is -1.47. The summed E-state index contributed by atoms with van der Waals surface area (Å²) in [5.74, 6) is -3.99. The van der Waals surface area contributed by atoms with Crippen LogP contribution >= 0.6 is 23.2 Å². The van der Waals surface area contributed by atoms with Crippen molar-refractivity contribution in [3.63, 3.8) is 0 Å². The van der Waals surface area contributed by atoms with Crippen LogP contribution in [0.25, 0.3) is 0 Å². The molecule has 0 aromatic heterocycles. The number of rotatable bonds is 10. The van der Waals surface area contributed by atoms with Gasteiger partial charge in [-0.3, -0.25) is 24.0 Å². The minimum Gasteiger partial charge on any atom is -0.460 e. The Labute approximate surface area is 230 Å². The molecule has 0 bridgehead atoms. The lowest BCUT2D eigenvalue weighted by atomic mass is 9.75. The Balaban J connectivity index is 1.83. The van der Waals surface area contributed by atoms with Gasteiger partial charge in [-0.15, -0.1) is 23.2 Å². The van der Waals surface area contributed by atoms with Gasteiger partial charge in [-0.05, 0) is 38.5 Å². The van der Waals surface area contributed by atoms with Crippen LogP contribution in [0.1, 0.15) is 87.0 Å². The number of hydrogen-bond acceptors (Lipinski definition) is 6. The van der Waals surface area contributed by atoms with E-state index in [9.17, 15) is 24.0 Å². The third kappa shape index (κ3) is 6.76. The Morgan fingerprint density at radius 1 is 1.00 bits per heavy atom. The molecule has 1 aliphatic heterocycles. The molecular formula is C28H41Cl2NO6. The summed E-state index contributed by atoms with van der Waals surface area (Å²) >= 11 is 13.0. The van der Waals surface area contributed by atoms with Gasteiger partial charge in [-0.2, -0.15) is 0 Å². The van der Waals surface area contributed by atoms with E-state index in [0.717, 1.165) is 19.3 Å². The predicted octanol–water partition coefficient (Wildman–Crippen LogP) is 4.93. The van der Waals surface area contributed by atoms with E-state index in [4.69, 9.17) is 27.9 Å². The highest BCUT2D eigenvalue weighted by Crippen LogP contribution is 2.66. The maximum atomic E-state index is 13.9. The van der Waals surface area contributed by atoms with Crippen LogP contribution in [0, 0.1) is 35.0 Å². The molecule has 1 heterocycles. The van der Waals surface area contributed by atoms with Crippen molar-refractivity contribution in [1.82, 2.24) is 4.90 Å². The van der Waals surface area contributed by atoms with Gasteiger partial charge >= 0.3 is 5.97 Å². The van der Waals surface area contributed by atoms with E-state index in [1.54, 1.807) is 20.8 Å². The summed E-state index contributed by atoms with van der Waals surface area (Å²) in [6.45, 7) is 12.4. The number of esters is 1. The normalized spacial score (nSPS) is 26.5. The fourth-order valence-corrected chi connectivity index (χ4v) is 6.61. The average Bonchev–Trinajstić information content (AvgIpc) is 3.06. The van der Waals surface area contributed by atoms with Gasteiger partial charge in [-0.25, -0.2) is 0 Å². The molecule has 3 fully saturated rings. The summed E-state index contributed by atoms with van der Waals surface area (Å²) in [5, 5.41) is 0. The lowest BCUT2D eigenvalue weighted by Gasteiger charge is -2.37. The number of Topliss-reactive ketones (excluding diaryl/α,β-unsaturated/α-hetero) is 3. The first-order chi connectivity index (χ1) is 16.8. The number of ether oxygens (including phenoxy) is 1. The number of fused-ring (bicyclic) bond motifs is 1. The molecule has 0 unspecified atom stereocenters. The number of ketones is 3. The van der Waals surface area contributed by atoms with E-state index in [1.807, 2.05) is 20.8 Å². The lowest BCUT2D eigenvalue weighted by Crippen LogP contribution is -2.51. The van der Waals surface area contributed by atoms with Crippen molar-refractivity contribution >= 4 is 52.4 Å². The summed E-state index contributed by atoms with van der Waals surface area (Å²) in [6.07, 6.45) is 3.31. The largest absolute Gasteiger partial charge is 0.460 e. The molecule has 3 aliphatic rings. The van der Waals surface area contributed by atoms with Gasteiger partial charge in [0, 0.05) is 37.6 Å². The number of alkyl halides is 2. The SMILES string of the molecule is CC(=O)C(=O)[C@H](CC(=O)[C@@H]1[C@@H]2[C@H](CN1C(=O)[C@@H](CC(=O)OC(C)(C)C)C(C)(C)C)C2(Cl)Cl)CC1CCC1. The Morgan fingerprint density at radius 3 is 2.05 bits per heavy atom. The first-order valence-corrected chi connectivity index (χ1v) is 14.1. The molecule has 0 N–H and O–H groups in total. The van der Waals surface area contributed by atoms with Crippen LogP contribution in [0.4, 0.5) is 0 Å². The van der Waals surface area contributed by atoms with E-state index in [-0.39, 0.29) is 37.0 Å². The van der Waals surface area contributed by atoms with Crippen LogP contribution in [0.3, 0.4) is 0 Å². The minimum atomic E-state index is -1.12. The van der Waals surface area contributed by atoms with Crippen molar-refractivity contribution in [2.24, 2.45) is 35.0 Å². The average molecular weight is 559 g/mol. The van der Waals surface area contributed by atoms with E-state index < -0.39 is 56.7 Å². The van der Waals surface area contributed by atoms with Gasteiger partial charge < -0.3 is 9.64 Å². The molecule has 1 amide bonds. The van der Waals surface area contributed by atoms with E-state index in [0.29, 0.717) is 12.3 Å². The molecule has 208 valence electrons. The smallest absolute Gasteiger partial charge is 0.307 e. The minimum absolute atomic E-state index is 0.119. The van der Waals surface area contributed by atoms with Crippen LogP contribution in [0.5, 0.6) is 0 Å². The molecule has 0 aromatic rings. The fourth-order valence-electron chi connectivity index (χ4n) is 5.78. The third-order valence-electron chi connectivity index (χ3n) is 8.09. The molecule has 1 saturated heterocycles. The summed E-state index contributed by atoms with van der Waals surface area (Å²) < 4.78 is 4.36. The second kappa shape index (κ2) is 10.6. The fraction of sp³-hybridized carbons (Fsp3) is 0.821. The van der Waals surface area contributed by atoms with Crippen molar-refractivity contribution in [2.45, 2.75) is 103 Å². The quantitative estimate of drug-likeness (QED) is 0.214. The third-order valence-corrected chi connectivity index (χ3v) is 9.15. The molecule has 2 saturated carbocycles. The van der Waals surface area contributed by atoms with E-state index >= 15 is 0 Å². The van der Waals surface area contributed by atoms with Crippen LogP contribution in [-0.2, 0) is 28.7 Å². The number of amides is 1. The number of piperidine rings is 1. The van der Waals surface area contributed by atoms with Gasteiger partial charge in [0.25, 0.3) is 0 Å². The van der Waals surface area contributed by atoms with Gasteiger partial charge in [0.2, 0.25) is 11.7 Å². The molecule has 9 heteroatoms. The molecular weight excluding hydrogens is 517 g/mol. The standard InChI is InChI=1S/C28H41Cl2NO6/c1-15(32)24(35)17(11-16-9-8-10-16)12-20(33)23-22-19(28(22,29)30)14-31(23)25(36)18(26(2,3)4)13-21(34)37-27(5,6)7/h16-19,22-23H,8-14H2,1-7H3/t17-,18+,19-,22-,23+/m0/s1. The van der Waals surface area contributed by atoms with Crippen molar-refractivity contribution in [3.05, 3.63) is 0 Å². The highest BCUT2D eigenvalue weighted by molar-refractivity contribution is 6.51. The van der Waals surface area contributed by atoms with Crippen molar-refractivity contribution in [2.75, 3.05) is 6.54 Å². The van der Waals surface area contributed by atoms with Crippen molar-refractivity contribution < 1.29 is 28.7 Å². The van der Waals surface area contributed by atoms with Crippen LogP contribution < -0.4 is 0 Å². The van der Waals surface area contributed by atoms with Crippen LogP contribution in [0.2, 0.25) is 0 Å². The monoisotopic (exact) mass is 557 g/mol. The maximum Gasteiger partial charge on any atom is 0.307 e. The molecule has 0 radical (unpaired) electrons. The van der Waals surface area contributed by atoms with Crippen molar-refractivity contribution in [1.29, 1.82) is 0 Å². The second-order valence-corrected chi connectivity index (χ2v) is 14.7. The van der Waals surface area contributed by atoms with E-state index in [2.05, 4.69) is 0 Å². The second-order valence-electron chi connectivity index (χ2n) is 13.3. The number of nitrogens with zero attached hydrogens (tertiary/aromatic N) is 1. The van der Waals surface area contributed by atoms with Crippen molar-refractivity contribution in [3.8, 4) is 0 Å². The number of carbonyl (C=O) groups is 5. The maximum absolute atomic E-state index is 13.9. The van der Waals surface area contributed by atoms with Gasteiger partial charge in [-0.1, -0.05) is 40.0 Å². The van der Waals surface area contributed by atoms with E-state index in [1.165, 1.54) is 11.8 Å². The summed E-state index contributed by atoms with van der Waals surface area (Å²) in [6, 6.07) is -0.889. The molecule has 37 heavy (non-hydrogen) atoms. The van der Waals surface area contributed by atoms with Crippen LogP contribution in [-0.4, -0.2) is 56.6 Å². The van der Waals surface area contributed by atoms with Gasteiger partial charge in [0.1, 0.15) is 9.93 Å². The summed E-state index contributed by atoms with van der Waals surface area (Å²) in [4.78, 5) is 66.4. The highest BCUT2D eigenvalue weighted by atomic mass is 35.5. The Kier molecular flexibility index (Phi) is 8.61. The van der Waals surface area contributed by atoms with Gasteiger partial charge in [0.05, 0.1) is 18.4 Å². The number of halogens is 2. The molecule has 0 spiro atoms. The van der Waals surface area contributed by atoms with Gasteiger partial charge in [0.15, 0.2) is 11.6 Å². The summed E-state index contributed by atoms with van der Waals surface area (Å²) in [5.41, 5.74) is -1.27. The number of hydrogen-bond donors (Lipinski definition) is 0. The summed E-state index contributed by atoms with van der Waals surface area (Å²) in [7, 11) is 0. The molecule has 0 aromatic carbocycles. The Morgan fingerprint density at radius 2 is 1.59 bits per heavy atom. The zero-order valence-electron chi connectivity index (χ0n) is 23.1. The topological polar surface area (TPSA) is 97.8 Å². The predicted molar refractivity (Wildman–Crippen MR) is 141 cm³/mol. The first kappa shape index (κ1) is 30.1. The lowest BCUT2D eigenvalue weighted by molar-refractivity contribution is -0.161. The molecule has 5 atom stereocenters.